The van der Waals surface area contributed by atoms with Gasteiger partial charge in [0.05, 0.1) is 0 Å². The van der Waals surface area contributed by atoms with Gasteiger partial charge in [0.1, 0.15) is 0 Å². The van der Waals surface area contributed by atoms with Gasteiger partial charge in [0.15, 0.2) is 0 Å². The molecule has 1 nitrogen and oxygen atoms in total. The first kappa shape index (κ1) is 3.88. The Morgan fingerprint density at radius 2 is 2.67 bits per heavy atom. The van der Waals surface area contributed by atoms with E-state index >= 15 is 0 Å². The first-order chi connectivity index (χ1) is 2.93. The van der Waals surface area contributed by atoms with Crippen molar-refractivity contribution in [2.24, 2.45) is 0 Å². The fourth-order valence-electron chi connectivity index (χ4n) is 0.416. The SMILES string of the molecule is C=CCC1C[N]1. The zero-order valence-electron chi connectivity index (χ0n) is 3.72. The third-order valence-electron chi connectivity index (χ3n) is 0.880. The van der Waals surface area contributed by atoms with Gasteiger partial charge in [0, 0.05) is 12.6 Å². The second kappa shape index (κ2) is 1.43. The van der Waals surface area contributed by atoms with E-state index in [4.69, 9.17) is 0 Å². The molecule has 0 bridgehead atoms. The molecule has 1 atom stereocenters. The normalized spacial score (nSPS) is 29.7. The molecule has 0 spiro atoms. The summed E-state index contributed by atoms with van der Waals surface area (Å²) in [6.07, 6.45) is 3.00. The van der Waals surface area contributed by atoms with Crippen LogP contribution in [0.1, 0.15) is 6.42 Å². The molecular formula is C5H8N. The molecule has 1 heterocycles. The summed E-state index contributed by atoms with van der Waals surface area (Å²) in [6, 6.07) is 0.655. The van der Waals surface area contributed by atoms with Gasteiger partial charge in [-0.3, -0.25) is 0 Å². The van der Waals surface area contributed by atoms with Crippen LogP contribution in [0.15, 0.2) is 12.7 Å². The predicted molar refractivity (Wildman–Crippen MR) is 25.6 cm³/mol. The third-order valence-corrected chi connectivity index (χ3v) is 0.880. The number of nitrogens with zero attached hydrogens (tertiary/aromatic N) is 1. The highest BCUT2D eigenvalue weighted by Gasteiger charge is 2.19. The number of rotatable bonds is 2. The second-order valence-electron chi connectivity index (χ2n) is 1.54. The minimum atomic E-state index is 0.655. The second-order valence-corrected chi connectivity index (χ2v) is 1.54. The van der Waals surface area contributed by atoms with Crippen LogP contribution in [-0.4, -0.2) is 12.6 Å². The van der Waals surface area contributed by atoms with E-state index in [2.05, 4.69) is 11.9 Å². The molecule has 1 heteroatoms. The lowest BCUT2D eigenvalue weighted by atomic mass is 10.3. The summed E-state index contributed by atoms with van der Waals surface area (Å²) in [6.45, 7) is 4.66. The molecule has 0 N–H and O–H groups in total. The lowest BCUT2D eigenvalue weighted by Crippen LogP contribution is -1.79. The molecule has 0 aliphatic carbocycles. The average Bonchev–Trinajstić information content (AvgIpc) is 2.21. The van der Waals surface area contributed by atoms with E-state index in [0.717, 1.165) is 13.0 Å². The summed E-state index contributed by atoms with van der Waals surface area (Å²) in [4.78, 5) is 0. The van der Waals surface area contributed by atoms with Crippen molar-refractivity contribution in [1.82, 2.24) is 5.32 Å². The summed E-state index contributed by atoms with van der Waals surface area (Å²) < 4.78 is 0. The minimum absolute atomic E-state index is 0.655. The Labute approximate surface area is 38.1 Å². The van der Waals surface area contributed by atoms with Crippen molar-refractivity contribution < 1.29 is 0 Å². The van der Waals surface area contributed by atoms with Gasteiger partial charge < -0.3 is 0 Å². The van der Waals surface area contributed by atoms with Crippen LogP contribution in [0.5, 0.6) is 0 Å². The molecule has 1 aliphatic rings. The third kappa shape index (κ3) is 0.830. The Bertz CT molecular complexity index is 55.0. The van der Waals surface area contributed by atoms with Gasteiger partial charge in [0.2, 0.25) is 0 Å². The van der Waals surface area contributed by atoms with Gasteiger partial charge in [-0.2, -0.15) is 0 Å². The molecule has 33 valence electrons. The van der Waals surface area contributed by atoms with Gasteiger partial charge in [-0.05, 0) is 6.42 Å². The zero-order valence-corrected chi connectivity index (χ0v) is 3.72. The van der Waals surface area contributed by atoms with E-state index in [1.165, 1.54) is 0 Å². The highest BCUT2D eigenvalue weighted by Crippen LogP contribution is 2.04. The van der Waals surface area contributed by atoms with E-state index in [9.17, 15) is 0 Å². The summed E-state index contributed by atoms with van der Waals surface area (Å²) in [7, 11) is 0. The van der Waals surface area contributed by atoms with Crippen LogP contribution in [0, 0.1) is 0 Å². The molecule has 0 saturated carbocycles. The molecular weight excluding hydrogens is 74.1 g/mol. The van der Waals surface area contributed by atoms with Crippen LogP contribution in [-0.2, 0) is 0 Å². The van der Waals surface area contributed by atoms with Crippen LogP contribution < -0.4 is 5.32 Å². The maximum atomic E-state index is 4.02. The Balaban J connectivity index is 2.00. The van der Waals surface area contributed by atoms with E-state index in [0.29, 0.717) is 6.04 Å². The quantitative estimate of drug-likeness (QED) is 0.341. The van der Waals surface area contributed by atoms with Crippen molar-refractivity contribution in [1.29, 1.82) is 0 Å². The van der Waals surface area contributed by atoms with Gasteiger partial charge in [0.25, 0.3) is 0 Å². The molecule has 1 radical (unpaired) electrons. The van der Waals surface area contributed by atoms with E-state index in [1.54, 1.807) is 0 Å². The highest BCUT2D eigenvalue weighted by molar-refractivity contribution is 4.88. The summed E-state index contributed by atoms with van der Waals surface area (Å²) in [5.41, 5.74) is 0. The molecule has 0 aromatic carbocycles. The first-order valence-electron chi connectivity index (χ1n) is 2.21. The van der Waals surface area contributed by atoms with Crippen molar-refractivity contribution in [3.63, 3.8) is 0 Å². The molecule has 0 amide bonds. The van der Waals surface area contributed by atoms with Crippen molar-refractivity contribution in [2.45, 2.75) is 12.5 Å². The predicted octanol–water partition coefficient (Wildman–Crippen LogP) is 0.549. The van der Waals surface area contributed by atoms with Crippen LogP contribution in [0.3, 0.4) is 0 Å². The molecule has 0 aromatic rings. The Morgan fingerprint density at radius 1 is 2.00 bits per heavy atom. The topological polar surface area (TPSA) is 14.1 Å². The van der Waals surface area contributed by atoms with Crippen molar-refractivity contribution in [2.75, 3.05) is 6.54 Å². The Hall–Kier alpha value is -0.300. The molecule has 1 aliphatic heterocycles. The molecule has 6 heavy (non-hydrogen) atoms. The molecule has 0 aromatic heterocycles. The van der Waals surface area contributed by atoms with E-state index in [-0.39, 0.29) is 0 Å². The van der Waals surface area contributed by atoms with E-state index < -0.39 is 0 Å². The molecule has 1 saturated heterocycles. The summed E-state index contributed by atoms with van der Waals surface area (Å²) in [5, 5.41) is 4.02. The monoisotopic (exact) mass is 82.1 g/mol. The van der Waals surface area contributed by atoms with Gasteiger partial charge in [-0.25, -0.2) is 5.32 Å². The standard InChI is InChI=1S/C5H8N/c1-2-3-5-4-6-5/h2,5H,1,3-4H2. The van der Waals surface area contributed by atoms with Crippen LogP contribution in [0.2, 0.25) is 0 Å². The van der Waals surface area contributed by atoms with Crippen LogP contribution >= 0.6 is 0 Å². The van der Waals surface area contributed by atoms with Crippen molar-refractivity contribution >= 4 is 0 Å². The summed E-state index contributed by atoms with van der Waals surface area (Å²) in [5.74, 6) is 0. The van der Waals surface area contributed by atoms with Crippen LogP contribution in [0.25, 0.3) is 0 Å². The largest absolute Gasteiger partial charge is 0.235 e. The Kier molecular flexibility index (Phi) is 0.926. The molecule has 1 unspecified atom stereocenters. The van der Waals surface area contributed by atoms with E-state index in [1.807, 2.05) is 6.08 Å². The van der Waals surface area contributed by atoms with Crippen LogP contribution in [0.4, 0.5) is 0 Å². The maximum Gasteiger partial charge on any atom is 0.0422 e. The lowest BCUT2D eigenvalue weighted by molar-refractivity contribution is 0.962. The number of hydrogen-bond acceptors (Lipinski definition) is 0. The number of hydrogen-bond donors (Lipinski definition) is 0. The summed E-state index contributed by atoms with van der Waals surface area (Å²) >= 11 is 0. The smallest absolute Gasteiger partial charge is 0.0422 e. The Morgan fingerprint density at radius 3 is 2.83 bits per heavy atom. The zero-order chi connectivity index (χ0) is 4.41. The van der Waals surface area contributed by atoms with Gasteiger partial charge in [-0.15, -0.1) is 6.58 Å². The molecule has 1 fully saturated rings. The maximum absolute atomic E-state index is 4.02. The van der Waals surface area contributed by atoms with Crippen molar-refractivity contribution in [3.05, 3.63) is 12.7 Å². The minimum Gasteiger partial charge on any atom is -0.235 e. The van der Waals surface area contributed by atoms with Gasteiger partial charge >= 0.3 is 0 Å². The van der Waals surface area contributed by atoms with Crippen molar-refractivity contribution in [3.8, 4) is 0 Å². The first-order valence-corrected chi connectivity index (χ1v) is 2.21. The fraction of sp³-hybridized carbons (Fsp3) is 0.600. The molecule has 1 rings (SSSR count). The lowest BCUT2D eigenvalue weighted by Gasteiger charge is -1.74. The average molecular weight is 82.1 g/mol. The van der Waals surface area contributed by atoms with Gasteiger partial charge in [-0.1, -0.05) is 6.08 Å². The highest BCUT2D eigenvalue weighted by atomic mass is 15.1. The fourth-order valence-corrected chi connectivity index (χ4v) is 0.416.